The van der Waals surface area contributed by atoms with E-state index in [1.54, 1.807) is 55.4 Å². The second-order valence-electron chi connectivity index (χ2n) is 11.4. The van der Waals surface area contributed by atoms with Gasteiger partial charge in [-0.3, -0.25) is 19.2 Å². The predicted octanol–water partition coefficient (Wildman–Crippen LogP) is 1.16. The van der Waals surface area contributed by atoms with Gasteiger partial charge in [-0.05, 0) is 91.5 Å². The number of amides is 4. The van der Waals surface area contributed by atoms with Gasteiger partial charge in [-0.1, -0.05) is 12.1 Å². The number of rotatable bonds is 8. The van der Waals surface area contributed by atoms with E-state index in [1.807, 2.05) is 6.92 Å². The largest absolute Gasteiger partial charge is 0.369 e. The van der Waals surface area contributed by atoms with Crippen LogP contribution in [0.1, 0.15) is 69.2 Å². The maximum atomic E-state index is 13.6. The number of nitriles is 1. The average molecular weight is 557 g/mol. The van der Waals surface area contributed by atoms with Gasteiger partial charge >= 0.3 is 0 Å². The third-order valence-electron chi connectivity index (χ3n) is 8.95. The number of likely N-dealkylation sites (tertiary alicyclic amines) is 1. The molecule has 0 aromatic heterocycles. The van der Waals surface area contributed by atoms with Crippen LogP contribution >= 0.6 is 0 Å². The number of aryl methyl sites for hydroxylation is 2. The van der Waals surface area contributed by atoms with Crippen molar-refractivity contribution >= 4 is 23.6 Å². The summed E-state index contributed by atoms with van der Waals surface area (Å²) in [6.07, 6.45) is 3.03. The van der Waals surface area contributed by atoms with Crippen LogP contribution in [0.3, 0.4) is 0 Å². The van der Waals surface area contributed by atoms with Crippen LogP contribution in [-0.2, 0) is 27.8 Å². The summed E-state index contributed by atoms with van der Waals surface area (Å²) in [5, 5.41) is 18.1. The molecule has 2 aromatic carbocycles. The first-order valence-corrected chi connectivity index (χ1v) is 14.1. The molecule has 0 spiro atoms. The molecule has 1 aliphatic heterocycles. The van der Waals surface area contributed by atoms with E-state index in [-0.39, 0.29) is 48.8 Å². The van der Waals surface area contributed by atoms with Crippen molar-refractivity contribution < 1.29 is 19.2 Å². The smallest absolute Gasteiger partial charge is 0.251 e. The highest BCUT2D eigenvalue weighted by Crippen LogP contribution is 2.47. The molecule has 4 atom stereocenters. The van der Waals surface area contributed by atoms with Crippen molar-refractivity contribution in [1.29, 1.82) is 5.26 Å². The van der Waals surface area contributed by atoms with Crippen molar-refractivity contribution in [2.45, 2.75) is 62.6 Å². The van der Waals surface area contributed by atoms with Crippen LogP contribution in [0.4, 0.5) is 0 Å². The summed E-state index contributed by atoms with van der Waals surface area (Å²) in [4.78, 5) is 53.4. The van der Waals surface area contributed by atoms with E-state index in [4.69, 9.17) is 5.73 Å². The molecule has 1 saturated heterocycles. The Hall–Kier alpha value is -4.23. The fourth-order valence-corrected chi connectivity index (χ4v) is 6.82. The van der Waals surface area contributed by atoms with Crippen LogP contribution in [-0.4, -0.2) is 67.3 Å². The highest BCUT2D eigenvalue weighted by atomic mass is 16.2. The number of nitrogens with two attached hydrogens (primary N) is 1. The average Bonchev–Trinajstić information content (AvgIpc) is 3.67. The van der Waals surface area contributed by atoms with Crippen molar-refractivity contribution in [2.24, 2.45) is 11.7 Å². The van der Waals surface area contributed by atoms with Gasteiger partial charge in [0, 0.05) is 37.3 Å². The lowest BCUT2D eigenvalue weighted by atomic mass is 9.68. The Morgan fingerprint density at radius 2 is 1.56 bits per heavy atom. The highest BCUT2D eigenvalue weighted by molar-refractivity contribution is 5.97. The lowest BCUT2D eigenvalue weighted by molar-refractivity contribution is -0.131. The molecule has 2 aliphatic carbocycles. The van der Waals surface area contributed by atoms with Gasteiger partial charge in [0.2, 0.25) is 11.8 Å². The minimum atomic E-state index is -1.27. The maximum Gasteiger partial charge on any atom is 0.251 e. The zero-order valence-electron chi connectivity index (χ0n) is 23.6. The molecule has 10 heteroatoms. The molecule has 1 saturated carbocycles. The van der Waals surface area contributed by atoms with Gasteiger partial charge in [0.25, 0.3) is 11.8 Å². The first-order valence-electron chi connectivity index (χ1n) is 14.1. The fraction of sp³-hybridized carbons (Fsp3) is 0.452. The molecule has 41 heavy (non-hydrogen) atoms. The standard InChI is InChI=1S/C31H36N6O4/c1-17(36-16-27(38)37-23(15-32)12-22-13-26(22)37)14-31(30(33)41)24-8-6-20(28(39)34-2)10-18(24)4-5-19-11-21(29(40)35-3)7-9-25(19)31/h6-11,17,22-23,26,36H,4-5,12-14,16H2,1-3H3,(H2,33,41)(H,34,39)(H,35,40)/t17-,22-,23?,26+/m1/s1. The molecule has 3 aliphatic rings. The Morgan fingerprint density at radius 1 is 1.00 bits per heavy atom. The number of hydrogen-bond donors (Lipinski definition) is 4. The SMILES string of the molecule is CNC(=O)c1ccc2c(c1)CCc1cc(C(=O)NC)ccc1C2(C[C@@H](C)NCC(=O)N1C(C#N)C[C@@H]2C[C@@H]21)C(N)=O. The number of carbonyl (C=O) groups is 4. The summed E-state index contributed by atoms with van der Waals surface area (Å²) >= 11 is 0. The summed E-state index contributed by atoms with van der Waals surface area (Å²) in [7, 11) is 3.13. The van der Waals surface area contributed by atoms with Crippen molar-refractivity contribution in [3.63, 3.8) is 0 Å². The van der Waals surface area contributed by atoms with Gasteiger partial charge < -0.3 is 26.6 Å². The number of fused-ring (bicyclic) bond motifs is 3. The Balaban J connectivity index is 1.51. The summed E-state index contributed by atoms with van der Waals surface area (Å²) < 4.78 is 0. The van der Waals surface area contributed by atoms with Crippen molar-refractivity contribution in [2.75, 3.05) is 20.6 Å². The third kappa shape index (κ3) is 4.95. The van der Waals surface area contributed by atoms with Gasteiger partial charge in [0.1, 0.15) is 11.5 Å². The molecule has 2 fully saturated rings. The van der Waals surface area contributed by atoms with Gasteiger partial charge in [0.05, 0.1) is 12.6 Å². The number of nitrogens with zero attached hydrogens (tertiary/aromatic N) is 2. The first kappa shape index (κ1) is 28.3. The summed E-state index contributed by atoms with van der Waals surface area (Å²) in [6.45, 7) is 1.95. The van der Waals surface area contributed by atoms with Crippen molar-refractivity contribution in [1.82, 2.24) is 20.9 Å². The second-order valence-corrected chi connectivity index (χ2v) is 11.4. The number of hydrogen-bond acceptors (Lipinski definition) is 6. The maximum absolute atomic E-state index is 13.6. The van der Waals surface area contributed by atoms with Gasteiger partial charge in [-0.25, -0.2) is 0 Å². The van der Waals surface area contributed by atoms with E-state index in [2.05, 4.69) is 22.0 Å². The van der Waals surface area contributed by atoms with Crippen molar-refractivity contribution in [3.05, 3.63) is 69.8 Å². The molecule has 1 heterocycles. The van der Waals surface area contributed by atoms with Gasteiger partial charge in [-0.15, -0.1) is 0 Å². The molecule has 0 bridgehead atoms. The molecule has 5 N–H and O–H groups in total. The number of benzene rings is 2. The lowest BCUT2D eigenvalue weighted by Gasteiger charge is -2.36. The van der Waals surface area contributed by atoms with Gasteiger partial charge in [0.15, 0.2) is 0 Å². The third-order valence-corrected chi connectivity index (χ3v) is 8.95. The highest BCUT2D eigenvalue weighted by Gasteiger charge is 2.54. The molecule has 0 radical (unpaired) electrons. The summed E-state index contributed by atoms with van der Waals surface area (Å²) in [5.74, 6) is -0.700. The summed E-state index contributed by atoms with van der Waals surface area (Å²) in [5.41, 5.74) is 9.06. The quantitative estimate of drug-likeness (QED) is 0.382. The Kier molecular flexibility index (Phi) is 7.58. The van der Waals surface area contributed by atoms with Crippen LogP contribution in [0, 0.1) is 17.2 Å². The molecule has 214 valence electrons. The fourth-order valence-electron chi connectivity index (χ4n) is 6.82. The van der Waals surface area contributed by atoms with Crippen LogP contribution in [0.15, 0.2) is 36.4 Å². The number of nitrogens with one attached hydrogen (secondary N) is 3. The lowest BCUT2D eigenvalue weighted by Crippen LogP contribution is -2.49. The van der Waals surface area contributed by atoms with Crippen molar-refractivity contribution in [3.8, 4) is 6.07 Å². The van der Waals surface area contributed by atoms with E-state index in [0.717, 1.165) is 24.0 Å². The molecular weight excluding hydrogens is 520 g/mol. The zero-order chi connectivity index (χ0) is 29.5. The van der Waals surface area contributed by atoms with Gasteiger partial charge in [-0.2, -0.15) is 5.26 Å². The number of piperidine rings is 1. The minimum Gasteiger partial charge on any atom is -0.369 e. The monoisotopic (exact) mass is 556 g/mol. The van der Waals surface area contributed by atoms with E-state index in [1.165, 1.54) is 0 Å². The van der Waals surface area contributed by atoms with Crippen LogP contribution in [0.5, 0.6) is 0 Å². The molecule has 2 aromatic rings. The molecular formula is C31H36N6O4. The minimum absolute atomic E-state index is 0.0440. The topological polar surface area (TPSA) is 157 Å². The Bertz CT molecular complexity index is 1400. The Labute approximate surface area is 239 Å². The van der Waals surface area contributed by atoms with E-state index in [9.17, 15) is 24.4 Å². The molecule has 10 nitrogen and oxygen atoms in total. The number of primary amides is 1. The molecule has 4 amide bonds. The van der Waals surface area contributed by atoms with Crippen LogP contribution in [0.25, 0.3) is 0 Å². The van der Waals surface area contributed by atoms with E-state index in [0.29, 0.717) is 41.0 Å². The van der Waals surface area contributed by atoms with Crippen LogP contribution < -0.4 is 21.7 Å². The normalized spacial score (nSPS) is 22.2. The number of carbonyl (C=O) groups excluding carboxylic acids is 4. The van der Waals surface area contributed by atoms with Crippen LogP contribution in [0.2, 0.25) is 0 Å². The Morgan fingerprint density at radius 3 is 2.05 bits per heavy atom. The first-order chi connectivity index (χ1) is 19.6. The molecule has 5 rings (SSSR count). The summed E-state index contributed by atoms with van der Waals surface area (Å²) in [6, 6.07) is 12.3. The van der Waals surface area contributed by atoms with E-state index >= 15 is 0 Å². The van der Waals surface area contributed by atoms with E-state index < -0.39 is 11.3 Å². The second kappa shape index (κ2) is 11.0. The molecule has 1 unspecified atom stereocenters. The predicted molar refractivity (Wildman–Crippen MR) is 152 cm³/mol. The zero-order valence-corrected chi connectivity index (χ0v) is 23.6.